The van der Waals surface area contributed by atoms with Gasteiger partial charge in [-0.1, -0.05) is 28.1 Å². The molecule has 3 unspecified atom stereocenters. The molecule has 3 atom stereocenters. The Kier molecular flexibility index (Phi) is 3.30. The summed E-state index contributed by atoms with van der Waals surface area (Å²) in [6, 6.07) is 8.15. The molecule has 1 aliphatic carbocycles. The summed E-state index contributed by atoms with van der Waals surface area (Å²) in [5.41, 5.74) is 1.14. The Morgan fingerprint density at radius 1 is 1.62 bits per heavy atom. The van der Waals surface area contributed by atoms with Crippen molar-refractivity contribution in [3.63, 3.8) is 0 Å². The molecule has 1 aromatic carbocycles. The SMILES string of the molecule is CNC(c1cccc(Br)c1)C1CC1C(=O)O. The highest BCUT2D eigenvalue weighted by Crippen LogP contribution is 2.47. The minimum Gasteiger partial charge on any atom is -0.481 e. The third kappa shape index (κ3) is 2.28. The third-order valence-corrected chi connectivity index (χ3v) is 3.60. The zero-order chi connectivity index (χ0) is 11.7. The van der Waals surface area contributed by atoms with E-state index in [1.54, 1.807) is 0 Å². The largest absolute Gasteiger partial charge is 0.481 e. The zero-order valence-electron chi connectivity index (χ0n) is 8.98. The summed E-state index contributed by atoms with van der Waals surface area (Å²) < 4.78 is 1.03. The lowest BCUT2D eigenvalue weighted by molar-refractivity contribution is -0.138. The molecule has 86 valence electrons. The van der Waals surface area contributed by atoms with E-state index in [0.717, 1.165) is 16.5 Å². The first-order valence-corrected chi connectivity index (χ1v) is 6.08. The van der Waals surface area contributed by atoms with Gasteiger partial charge in [-0.05, 0) is 37.1 Å². The van der Waals surface area contributed by atoms with Crippen molar-refractivity contribution in [3.05, 3.63) is 34.3 Å². The number of rotatable bonds is 4. The van der Waals surface area contributed by atoms with Gasteiger partial charge < -0.3 is 10.4 Å². The first-order valence-electron chi connectivity index (χ1n) is 5.29. The van der Waals surface area contributed by atoms with Crippen LogP contribution in [0.2, 0.25) is 0 Å². The first kappa shape index (κ1) is 11.6. The van der Waals surface area contributed by atoms with Gasteiger partial charge in [-0.25, -0.2) is 0 Å². The number of carbonyl (C=O) groups is 1. The molecule has 2 N–H and O–H groups in total. The molecule has 0 spiro atoms. The molecule has 16 heavy (non-hydrogen) atoms. The van der Waals surface area contributed by atoms with Crippen LogP contribution in [0, 0.1) is 11.8 Å². The van der Waals surface area contributed by atoms with E-state index >= 15 is 0 Å². The van der Waals surface area contributed by atoms with Gasteiger partial charge in [0.2, 0.25) is 0 Å². The van der Waals surface area contributed by atoms with E-state index in [2.05, 4.69) is 21.2 Å². The van der Waals surface area contributed by atoms with Crippen molar-refractivity contribution in [1.29, 1.82) is 0 Å². The smallest absolute Gasteiger partial charge is 0.306 e. The lowest BCUT2D eigenvalue weighted by Gasteiger charge is -2.16. The summed E-state index contributed by atoms with van der Waals surface area (Å²) >= 11 is 3.43. The molecule has 0 radical (unpaired) electrons. The highest BCUT2D eigenvalue weighted by molar-refractivity contribution is 9.10. The van der Waals surface area contributed by atoms with Gasteiger partial charge in [0.25, 0.3) is 0 Å². The molecule has 0 bridgehead atoms. The predicted molar refractivity (Wildman–Crippen MR) is 65.2 cm³/mol. The molecule has 3 nitrogen and oxygen atoms in total. The normalized spacial score (nSPS) is 25.1. The number of hydrogen-bond acceptors (Lipinski definition) is 2. The van der Waals surface area contributed by atoms with E-state index in [0.29, 0.717) is 0 Å². The summed E-state index contributed by atoms with van der Waals surface area (Å²) in [6.45, 7) is 0. The molecule has 4 heteroatoms. The van der Waals surface area contributed by atoms with Gasteiger partial charge in [0.05, 0.1) is 5.92 Å². The van der Waals surface area contributed by atoms with Crippen molar-refractivity contribution in [3.8, 4) is 0 Å². The topological polar surface area (TPSA) is 49.3 Å². The first-order chi connectivity index (χ1) is 7.63. The van der Waals surface area contributed by atoms with Crippen molar-refractivity contribution in [2.24, 2.45) is 11.8 Å². The van der Waals surface area contributed by atoms with Crippen LogP contribution in [0.15, 0.2) is 28.7 Å². The monoisotopic (exact) mass is 283 g/mol. The fourth-order valence-corrected chi connectivity index (χ4v) is 2.61. The molecule has 0 heterocycles. The van der Waals surface area contributed by atoms with Gasteiger partial charge in [-0.2, -0.15) is 0 Å². The molecule has 0 amide bonds. The fourth-order valence-electron chi connectivity index (χ4n) is 2.19. The second-order valence-electron chi connectivity index (χ2n) is 4.17. The van der Waals surface area contributed by atoms with Gasteiger partial charge in [-0.3, -0.25) is 4.79 Å². The van der Waals surface area contributed by atoms with Crippen LogP contribution in [0.4, 0.5) is 0 Å². The second kappa shape index (κ2) is 4.55. The molecule has 0 aromatic heterocycles. The van der Waals surface area contributed by atoms with E-state index < -0.39 is 5.97 Å². The quantitative estimate of drug-likeness (QED) is 0.892. The maximum Gasteiger partial charge on any atom is 0.306 e. The van der Waals surface area contributed by atoms with Crippen molar-refractivity contribution < 1.29 is 9.90 Å². The number of halogens is 1. The Morgan fingerprint density at radius 3 is 2.88 bits per heavy atom. The maximum atomic E-state index is 10.9. The Balaban J connectivity index is 2.15. The molecule has 0 saturated heterocycles. The van der Waals surface area contributed by atoms with Crippen LogP contribution in [0.25, 0.3) is 0 Å². The maximum absolute atomic E-state index is 10.9. The van der Waals surface area contributed by atoms with Gasteiger partial charge in [0, 0.05) is 10.5 Å². The van der Waals surface area contributed by atoms with Gasteiger partial charge in [-0.15, -0.1) is 0 Å². The summed E-state index contributed by atoms with van der Waals surface area (Å²) in [4.78, 5) is 10.9. The molecule has 0 aliphatic heterocycles. The number of nitrogens with one attached hydrogen (secondary N) is 1. The number of aliphatic carboxylic acids is 1. The summed E-state index contributed by atoms with van der Waals surface area (Å²) in [7, 11) is 1.88. The lowest BCUT2D eigenvalue weighted by atomic mass is 10.0. The summed E-state index contributed by atoms with van der Waals surface area (Å²) in [5.74, 6) is -0.645. The van der Waals surface area contributed by atoms with Crippen LogP contribution in [-0.2, 0) is 4.79 Å². The molecule has 1 saturated carbocycles. The van der Waals surface area contributed by atoms with Crippen LogP contribution in [0.1, 0.15) is 18.0 Å². The molecule has 2 rings (SSSR count). The minimum absolute atomic E-state index is 0.138. The van der Waals surface area contributed by atoms with Crippen LogP contribution in [0.5, 0.6) is 0 Å². The molecular formula is C12H14BrNO2. The Hall–Kier alpha value is -0.870. The summed E-state index contributed by atoms with van der Waals surface area (Å²) in [6.07, 6.45) is 0.771. The molecule has 1 aliphatic rings. The van der Waals surface area contributed by atoms with E-state index in [4.69, 9.17) is 5.11 Å². The van der Waals surface area contributed by atoms with Crippen molar-refractivity contribution in [2.75, 3.05) is 7.05 Å². The van der Waals surface area contributed by atoms with Crippen molar-refractivity contribution in [1.82, 2.24) is 5.32 Å². The minimum atomic E-state index is -0.680. The number of hydrogen-bond donors (Lipinski definition) is 2. The van der Waals surface area contributed by atoms with E-state index in [-0.39, 0.29) is 17.9 Å². The van der Waals surface area contributed by atoms with E-state index in [1.807, 2.05) is 31.3 Å². The predicted octanol–water partition coefficient (Wildman–Crippen LogP) is 2.43. The average molecular weight is 284 g/mol. The molecule has 1 aromatic rings. The fraction of sp³-hybridized carbons (Fsp3) is 0.417. The highest BCUT2D eigenvalue weighted by Gasteiger charge is 2.47. The standard InChI is InChI=1S/C12H14BrNO2/c1-14-11(9-6-10(9)12(15)16)7-3-2-4-8(13)5-7/h2-5,9-11,14H,6H2,1H3,(H,15,16). The molecular weight excluding hydrogens is 270 g/mol. The highest BCUT2D eigenvalue weighted by atomic mass is 79.9. The van der Waals surface area contributed by atoms with Crippen LogP contribution >= 0.6 is 15.9 Å². The molecule has 1 fully saturated rings. The van der Waals surface area contributed by atoms with E-state index in [9.17, 15) is 4.79 Å². The number of benzene rings is 1. The van der Waals surface area contributed by atoms with E-state index in [1.165, 1.54) is 0 Å². The second-order valence-corrected chi connectivity index (χ2v) is 5.08. The van der Waals surface area contributed by atoms with Crippen LogP contribution in [0.3, 0.4) is 0 Å². The number of carboxylic acids is 1. The Labute approximate surface area is 103 Å². The van der Waals surface area contributed by atoms with Crippen molar-refractivity contribution in [2.45, 2.75) is 12.5 Å². The number of carboxylic acid groups (broad SMARTS) is 1. The van der Waals surface area contributed by atoms with Crippen LogP contribution in [-0.4, -0.2) is 18.1 Å². The summed E-state index contributed by atoms with van der Waals surface area (Å²) in [5, 5.41) is 12.1. The van der Waals surface area contributed by atoms with Gasteiger partial charge >= 0.3 is 5.97 Å². The zero-order valence-corrected chi connectivity index (χ0v) is 10.6. The Morgan fingerprint density at radius 2 is 2.38 bits per heavy atom. The van der Waals surface area contributed by atoms with Gasteiger partial charge in [0.1, 0.15) is 0 Å². The Bertz CT molecular complexity index is 408. The third-order valence-electron chi connectivity index (χ3n) is 3.10. The average Bonchev–Trinajstić information content (AvgIpc) is 2.99. The van der Waals surface area contributed by atoms with Crippen molar-refractivity contribution >= 4 is 21.9 Å². The van der Waals surface area contributed by atoms with Gasteiger partial charge in [0.15, 0.2) is 0 Å². The lowest BCUT2D eigenvalue weighted by Crippen LogP contribution is -2.20. The van der Waals surface area contributed by atoms with Crippen LogP contribution < -0.4 is 5.32 Å².